The van der Waals surface area contributed by atoms with Crippen LogP contribution in [0, 0.1) is 11.6 Å². The molecular weight excluding hydrogens is 461 g/mol. The van der Waals surface area contributed by atoms with Crippen LogP contribution in [0.5, 0.6) is 0 Å². The van der Waals surface area contributed by atoms with E-state index in [0.29, 0.717) is 22.2 Å². The van der Waals surface area contributed by atoms with Crippen LogP contribution < -0.4 is 0 Å². The standard InChI is InChI=1S/C23H18Cl2F2N2O3/c1-32-22(30)11-21(19-5-4-16(24)9-20(19)25)29(13-14-3-2-6-28-12-14)23(31)15-7-17(26)10-18(27)8-15/h2-10,12,21H,11,13H2,1H3/t21-/m0/s1. The van der Waals surface area contributed by atoms with Gasteiger partial charge in [-0.2, -0.15) is 0 Å². The third-order valence-corrected chi connectivity index (χ3v) is 5.29. The van der Waals surface area contributed by atoms with Gasteiger partial charge in [0.2, 0.25) is 0 Å². The van der Waals surface area contributed by atoms with Gasteiger partial charge in [0, 0.05) is 40.6 Å². The molecule has 0 aliphatic rings. The molecule has 2 aromatic carbocycles. The molecule has 9 heteroatoms. The average Bonchev–Trinajstić information content (AvgIpc) is 2.76. The summed E-state index contributed by atoms with van der Waals surface area (Å²) in [5.41, 5.74) is 0.847. The monoisotopic (exact) mass is 478 g/mol. The van der Waals surface area contributed by atoms with Crippen molar-refractivity contribution >= 4 is 35.1 Å². The predicted octanol–water partition coefficient (Wildman–Crippen LogP) is 5.61. The van der Waals surface area contributed by atoms with Crippen molar-refractivity contribution in [2.24, 2.45) is 0 Å². The summed E-state index contributed by atoms with van der Waals surface area (Å²) in [4.78, 5) is 31.0. The molecule has 0 aliphatic carbocycles. The van der Waals surface area contributed by atoms with Crippen LogP contribution in [-0.4, -0.2) is 28.9 Å². The van der Waals surface area contributed by atoms with Crippen molar-refractivity contribution in [2.45, 2.75) is 19.0 Å². The number of nitrogens with zero attached hydrogens (tertiary/aromatic N) is 2. The van der Waals surface area contributed by atoms with Crippen LogP contribution in [0.2, 0.25) is 10.0 Å². The zero-order chi connectivity index (χ0) is 23.3. The summed E-state index contributed by atoms with van der Waals surface area (Å²) in [7, 11) is 1.22. The Balaban J connectivity index is 2.13. The molecule has 5 nitrogen and oxygen atoms in total. The number of esters is 1. The van der Waals surface area contributed by atoms with Crippen molar-refractivity contribution < 1.29 is 23.1 Å². The number of methoxy groups -OCH3 is 1. The first-order valence-electron chi connectivity index (χ1n) is 9.46. The number of carbonyl (C=O) groups excluding carboxylic acids is 2. The number of aromatic nitrogens is 1. The minimum absolute atomic E-state index is 0.00851. The second-order valence-corrected chi connectivity index (χ2v) is 7.76. The van der Waals surface area contributed by atoms with Gasteiger partial charge in [-0.25, -0.2) is 8.78 Å². The number of rotatable bonds is 7. The van der Waals surface area contributed by atoms with E-state index >= 15 is 0 Å². The molecule has 1 amide bonds. The molecule has 1 aromatic heterocycles. The van der Waals surface area contributed by atoms with Gasteiger partial charge in [0.05, 0.1) is 19.6 Å². The van der Waals surface area contributed by atoms with Crippen molar-refractivity contribution in [1.82, 2.24) is 9.88 Å². The van der Waals surface area contributed by atoms with Gasteiger partial charge in [0.1, 0.15) is 11.6 Å². The van der Waals surface area contributed by atoms with Gasteiger partial charge in [-0.1, -0.05) is 35.3 Å². The van der Waals surface area contributed by atoms with Crippen LogP contribution >= 0.6 is 23.2 Å². The van der Waals surface area contributed by atoms with Gasteiger partial charge in [0.15, 0.2) is 0 Å². The fourth-order valence-electron chi connectivity index (χ4n) is 3.26. The SMILES string of the molecule is COC(=O)C[C@@H](c1ccc(Cl)cc1Cl)N(Cc1cccnc1)C(=O)c1cc(F)cc(F)c1. The van der Waals surface area contributed by atoms with Crippen molar-refractivity contribution in [2.75, 3.05) is 7.11 Å². The molecule has 1 heterocycles. The largest absolute Gasteiger partial charge is 0.469 e. The van der Waals surface area contributed by atoms with E-state index in [1.807, 2.05) is 0 Å². The highest BCUT2D eigenvalue weighted by molar-refractivity contribution is 6.35. The Bertz CT molecular complexity index is 1110. The molecule has 3 rings (SSSR count). The van der Waals surface area contributed by atoms with Crippen molar-refractivity contribution in [3.63, 3.8) is 0 Å². The maximum absolute atomic E-state index is 13.8. The van der Waals surface area contributed by atoms with E-state index < -0.39 is 29.6 Å². The van der Waals surface area contributed by atoms with E-state index in [2.05, 4.69) is 4.98 Å². The fraction of sp³-hybridized carbons (Fsp3) is 0.174. The van der Waals surface area contributed by atoms with Gasteiger partial charge >= 0.3 is 5.97 Å². The molecule has 0 aliphatic heterocycles. The van der Waals surface area contributed by atoms with Crippen LogP contribution in [0.4, 0.5) is 8.78 Å². The second-order valence-electron chi connectivity index (χ2n) is 6.91. The van der Waals surface area contributed by atoms with Crippen LogP contribution in [0.1, 0.15) is 33.9 Å². The summed E-state index contributed by atoms with van der Waals surface area (Å²) in [6, 6.07) is 9.69. The highest BCUT2D eigenvalue weighted by Gasteiger charge is 2.31. The van der Waals surface area contributed by atoms with Crippen LogP contribution in [0.3, 0.4) is 0 Å². The zero-order valence-corrected chi connectivity index (χ0v) is 18.4. The van der Waals surface area contributed by atoms with Gasteiger partial charge in [-0.15, -0.1) is 0 Å². The third kappa shape index (κ3) is 5.81. The molecular formula is C23H18Cl2F2N2O3. The Labute approximate surface area is 193 Å². The fourth-order valence-corrected chi connectivity index (χ4v) is 3.79. The lowest BCUT2D eigenvalue weighted by molar-refractivity contribution is -0.141. The van der Waals surface area contributed by atoms with Crippen molar-refractivity contribution in [3.05, 3.63) is 99.3 Å². The first-order chi connectivity index (χ1) is 15.3. The quantitative estimate of drug-likeness (QED) is 0.413. The lowest BCUT2D eigenvalue weighted by Gasteiger charge is -2.32. The van der Waals surface area contributed by atoms with E-state index in [1.54, 1.807) is 36.7 Å². The molecule has 0 saturated heterocycles. The van der Waals surface area contributed by atoms with Gasteiger partial charge in [0.25, 0.3) is 5.91 Å². The number of benzene rings is 2. The summed E-state index contributed by atoms with van der Waals surface area (Å²) in [5.74, 6) is -3.10. The summed E-state index contributed by atoms with van der Waals surface area (Å²) < 4.78 is 32.5. The molecule has 3 aromatic rings. The molecule has 1 atom stereocenters. The molecule has 0 radical (unpaired) electrons. The summed E-state index contributed by atoms with van der Waals surface area (Å²) in [5, 5.41) is 0.591. The molecule has 0 N–H and O–H groups in total. The smallest absolute Gasteiger partial charge is 0.307 e. The van der Waals surface area contributed by atoms with Crippen LogP contribution in [0.25, 0.3) is 0 Å². The van der Waals surface area contributed by atoms with Crippen molar-refractivity contribution in [1.29, 1.82) is 0 Å². The third-order valence-electron chi connectivity index (χ3n) is 4.73. The first kappa shape index (κ1) is 23.6. The number of hydrogen-bond donors (Lipinski definition) is 0. The van der Waals surface area contributed by atoms with E-state index in [-0.39, 0.29) is 23.6 Å². The molecule has 0 saturated carbocycles. The number of pyridine rings is 1. The number of hydrogen-bond acceptors (Lipinski definition) is 4. The topological polar surface area (TPSA) is 59.5 Å². The lowest BCUT2D eigenvalue weighted by Crippen LogP contribution is -2.36. The van der Waals surface area contributed by atoms with E-state index in [0.717, 1.165) is 12.1 Å². The predicted molar refractivity (Wildman–Crippen MR) is 116 cm³/mol. The Morgan fingerprint density at radius 2 is 1.81 bits per heavy atom. The molecule has 0 bridgehead atoms. The minimum Gasteiger partial charge on any atom is -0.469 e. The van der Waals surface area contributed by atoms with Gasteiger partial charge in [-0.3, -0.25) is 14.6 Å². The number of halogens is 4. The number of ether oxygens (including phenoxy) is 1. The maximum Gasteiger partial charge on any atom is 0.307 e. The lowest BCUT2D eigenvalue weighted by atomic mass is 9.99. The Morgan fingerprint density at radius 3 is 2.41 bits per heavy atom. The Morgan fingerprint density at radius 1 is 1.09 bits per heavy atom. The summed E-state index contributed by atoms with van der Waals surface area (Å²) in [6.07, 6.45) is 2.87. The Hall–Kier alpha value is -3.03. The Kier molecular flexibility index (Phi) is 7.77. The minimum atomic E-state index is -0.911. The van der Waals surface area contributed by atoms with Gasteiger partial charge < -0.3 is 9.64 Å². The molecule has 0 fully saturated rings. The summed E-state index contributed by atoms with van der Waals surface area (Å²) >= 11 is 12.4. The second kappa shape index (κ2) is 10.5. The van der Waals surface area contributed by atoms with E-state index in [9.17, 15) is 18.4 Å². The van der Waals surface area contributed by atoms with Crippen LogP contribution in [0.15, 0.2) is 60.9 Å². The highest BCUT2D eigenvalue weighted by atomic mass is 35.5. The molecule has 32 heavy (non-hydrogen) atoms. The number of carbonyl (C=O) groups is 2. The highest BCUT2D eigenvalue weighted by Crippen LogP contribution is 2.34. The average molecular weight is 479 g/mol. The molecule has 0 unspecified atom stereocenters. The van der Waals surface area contributed by atoms with Crippen molar-refractivity contribution in [3.8, 4) is 0 Å². The molecule has 0 spiro atoms. The first-order valence-corrected chi connectivity index (χ1v) is 10.2. The zero-order valence-electron chi connectivity index (χ0n) is 16.9. The normalized spacial score (nSPS) is 11.7. The number of amides is 1. The van der Waals surface area contributed by atoms with Crippen LogP contribution in [-0.2, 0) is 16.1 Å². The van der Waals surface area contributed by atoms with Gasteiger partial charge in [-0.05, 0) is 41.5 Å². The summed E-state index contributed by atoms with van der Waals surface area (Å²) in [6.45, 7) is -0.00851. The van der Waals surface area contributed by atoms with E-state index in [1.165, 1.54) is 18.1 Å². The maximum atomic E-state index is 13.8. The molecule has 166 valence electrons. The van der Waals surface area contributed by atoms with E-state index in [4.69, 9.17) is 27.9 Å².